The zero-order chi connectivity index (χ0) is 13.7. The van der Waals surface area contributed by atoms with Gasteiger partial charge in [-0.1, -0.05) is 30.3 Å². The van der Waals surface area contributed by atoms with Crippen LogP contribution in [0.2, 0.25) is 0 Å². The number of carbonyl (C=O) groups is 1. The van der Waals surface area contributed by atoms with Crippen LogP contribution in [0.3, 0.4) is 0 Å². The number of carboxylic acids is 1. The number of furan rings is 1. The maximum atomic E-state index is 10.7. The van der Waals surface area contributed by atoms with Gasteiger partial charge in [0.1, 0.15) is 12.0 Å². The van der Waals surface area contributed by atoms with Crippen LogP contribution in [0, 0.1) is 0 Å². The van der Waals surface area contributed by atoms with Crippen molar-refractivity contribution in [3.8, 4) is 0 Å². The molecule has 0 bridgehead atoms. The molecular weight excluding hydrogens is 242 g/mol. The lowest BCUT2D eigenvalue weighted by atomic mass is 10.1. The Hall–Kier alpha value is -2.07. The lowest BCUT2D eigenvalue weighted by Crippen LogP contribution is -2.27. The fourth-order valence-corrected chi connectivity index (χ4v) is 1.90. The molecule has 1 aromatic carbocycles. The molecule has 1 unspecified atom stereocenters. The molecule has 1 atom stereocenters. The Balaban J connectivity index is 1.83. The first-order valence-corrected chi connectivity index (χ1v) is 6.23. The van der Waals surface area contributed by atoms with Gasteiger partial charge in [-0.25, -0.2) is 4.79 Å². The second-order valence-electron chi connectivity index (χ2n) is 4.58. The number of hydrogen-bond donors (Lipinski definition) is 2. The Morgan fingerprint density at radius 2 is 2.11 bits per heavy atom. The van der Waals surface area contributed by atoms with Gasteiger partial charge in [0.05, 0.1) is 12.1 Å². The molecule has 4 heteroatoms. The molecule has 100 valence electrons. The average Bonchev–Trinajstić information content (AvgIpc) is 2.86. The lowest BCUT2D eigenvalue weighted by molar-refractivity contribution is 0.0696. The topological polar surface area (TPSA) is 62.5 Å². The molecule has 4 nitrogen and oxygen atoms in total. The summed E-state index contributed by atoms with van der Waals surface area (Å²) in [5.41, 5.74) is 1.46. The molecule has 0 aliphatic carbocycles. The molecule has 0 spiro atoms. The summed E-state index contributed by atoms with van der Waals surface area (Å²) in [6, 6.07) is 12.1. The van der Waals surface area contributed by atoms with E-state index in [1.165, 1.54) is 11.8 Å². The summed E-state index contributed by atoms with van der Waals surface area (Å²) >= 11 is 0. The van der Waals surface area contributed by atoms with E-state index in [1.54, 1.807) is 6.07 Å². The molecule has 0 fully saturated rings. The van der Waals surface area contributed by atoms with Gasteiger partial charge in [-0.05, 0) is 25.0 Å². The quantitative estimate of drug-likeness (QED) is 0.837. The Labute approximate surface area is 112 Å². The minimum absolute atomic E-state index is 0.188. The first-order chi connectivity index (χ1) is 9.15. The monoisotopic (exact) mass is 259 g/mol. The highest BCUT2D eigenvalue weighted by molar-refractivity contribution is 5.87. The van der Waals surface area contributed by atoms with Crippen LogP contribution in [0.5, 0.6) is 0 Å². The van der Waals surface area contributed by atoms with Gasteiger partial charge < -0.3 is 14.8 Å². The second kappa shape index (κ2) is 6.20. The molecule has 2 rings (SSSR count). The van der Waals surface area contributed by atoms with Crippen LogP contribution in [-0.4, -0.2) is 17.1 Å². The van der Waals surface area contributed by atoms with Gasteiger partial charge in [-0.3, -0.25) is 0 Å². The van der Waals surface area contributed by atoms with E-state index in [1.807, 2.05) is 18.2 Å². The Morgan fingerprint density at radius 3 is 2.74 bits per heavy atom. The van der Waals surface area contributed by atoms with Crippen molar-refractivity contribution in [3.63, 3.8) is 0 Å². The lowest BCUT2D eigenvalue weighted by Gasteiger charge is -2.12. The SMILES string of the molecule is CC(Cc1ccccc1)NCc1cc(C(=O)O)co1. The third kappa shape index (κ3) is 3.96. The molecule has 0 saturated carbocycles. The van der Waals surface area contributed by atoms with E-state index in [-0.39, 0.29) is 5.56 Å². The molecule has 19 heavy (non-hydrogen) atoms. The number of nitrogens with one attached hydrogen (secondary N) is 1. The number of rotatable bonds is 6. The minimum Gasteiger partial charge on any atom is -0.478 e. The fraction of sp³-hybridized carbons (Fsp3) is 0.267. The molecular formula is C15H17NO3. The molecule has 0 aliphatic heterocycles. The van der Waals surface area contributed by atoms with Crippen molar-refractivity contribution >= 4 is 5.97 Å². The summed E-state index contributed by atoms with van der Waals surface area (Å²) in [5, 5.41) is 12.1. The molecule has 2 N–H and O–H groups in total. The smallest absolute Gasteiger partial charge is 0.338 e. The van der Waals surface area contributed by atoms with E-state index >= 15 is 0 Å². The predicted octanol–water partition coefficient (Wildman–Crippen LogP) is 2.70. The highest BCUT2D eigenvalue weighted by atomic mass is 16.4. The minimum atomic E-state index is -0.965. The van der Waals surface area contributed by atoms with Crippen LogP contribution in [0.25, 0.3) is 0 Å². The number of hydrogen-bond acceptors (Lipinski definition) is 3. The van der Waals surface area contributed by atoms with Crippen molar-refractivity contribution < 1.29 is 14.3 Å². The van der Waals surface area contributed by atoms with Crippen molar-refractivity contribution in [2.24, 2.45) is 0 Å². The van der Waals surface area contributed by atoms with Crippen molar-refractivity contribution in [3.05, 3.63) is 59.5 Å². The van der Waals surface area contributed by atoms with Crippen LogP contribution < -0.4 is 5.32 Å². The summed E-state index contributed by atoms with van der Waals surface area (Å²) in [6.45, 7) is 2.62. The molecule has 0 aliphatic rings. The Bertz CT molecular complexity index is 533. The van der Waals surface area contributed by atoms with Gasteiger partial charge in [0.25, 0.3) is 0 Å². The first kappa shape index (κ1) is 13.4. The largest absolute Gasteiger partial charge is 0.478 e. The van der Waals surface area contributed by atoms with Crippen molar-refractivity contribution in [1.82, 2.24) is 5.32 Å². The second-order valence-corrected chi connectivity index (χ2v) is 4.58. The van der Waals surface area contributed by atoms with E-state index in [2.05, 4.69) is 24.4 Å². The van der Waals surface area contributed by atoms with Crippen LogP contribution in [0.4, 0.5) is 0 Å². The molecule has 0 amide bonds. The van der Waals surface area contributed by atoms with Crippen molar-refractivity contribution in [2.45, 2.75) is 25.9 Å². The Kier molecular flexibility index (Phi) is 4.36. The summed E-state index contributed by atoms with van der Waals surface area (Å²) in [6.07, 6.45) is 2.19. The van der Waals surface area contributed by atoms with Gasteiger partial charge in [-0.2, -0.15) is 0 Å². The highest BCUT2D eigenvalue weighted by Gasteiger charge is 2.09. The van der Waals surface area contributed by atoms with E-state index in [0.29, 0.717) is 18.3 Å². The Morgan fingerprint density at radius 1 is 1.37 bits per heavy atom. The summed E-state index contributed by atoms with van der Waals surface area (Å²) in [7, 11) is 0. The molecule has 0 saturated heterocycles. The van der Waals surface area contributed by atoms with Gasteiger partial charge >= 0.3 is 5.97 Å². The molecule has 2 aromatic rings. The summed E-state index contributed by atoms with van der Waals surface area (Å²) in [5.74, 6) is -0.329. The summed E-state index contributed by atoms with van der Waals surface area (Å²) < 4.78 is 5.18. The third-order valence-electron chi connectivity index (χ3n) is 2.91. The summed E-state index contributed by atoms with van der Waals surface area (Å²) in [4.78, 5) is 10.7. The first-order valence-electron chi connectivity index (χ1n) is 6.23. The normalized spacial score (nSPS) is 12.3. The molecule has 0 radical (unpaired) electrons. The number of carboxylic acid groups (broad SMARTS) is 1. The maximum absolute atomic E-state index is 10.7. The number of aromatic carboxylic acids is 1. The number of benzene rings is 1. The van der Waals surface area contributed by atoms with E-state index in [0.717, 1.165) is 6.42 Å². The van der Waals surface area contributed by atoms with Crippen LogP contribution in [0.15, 0.2) is 47.1 Å². The third-order valence-corrected chi connectivity index (χ3v) is 2.91. The fourth-order valence-electron chi connectivity index (χ4n) is 1.90. The van der Waals surface area contributed by atoms with Crippen LogP contribution >= 0.6 is 0 Å². The van der Waals surface area contributed by atoms with Crippen molar-refractivity contribution in [2.75, 3.05) is 0 Å². The zero-order valence-corrected chi connectivity index (χ0v) is 10.8. The zero-order valence-electron chi connectivity index (χ0n) is 10.8. The van der Waals surface area contributed by atoms with Crippen LogP contribution in [0.1, 0.15) is 28.6 Å². The van der Waals surface area contributed by atoms with E-state index in [9.17, 15) is 4.79 Å². The van der Waals surface area contributed by atoms with Gasteiger partial charge in [0, 0.05) is 6.04 Å². The predicted molar refractivity (Wildman–Crippen MR) is 72.1 cm³/mol. The van der Waals surface area contributed by atoms with Crippen LogP contribution in [-0.2, 0) is 13.0 Å². The molecule has 1 aromatic heterocycles. The van der Waals surface area contributed by atoms with E-state index < -0.39 is 5.97 Å². The standard InChI is InChI=1S/C15H17NO3/c1-11(7-12-5-3-2-4-6-12)16-9-14-8-13(10-19-14)15(17)18/h2-6,8,10-11,16H,7,9H2,1H3,(H,17,18). The van der Waals surface area contributed by atoms with Gasteiger partial charge in [-0.15, -0.1) is 0 Å². The van der Waals surface area contributed by atoms with Gasteiger partial charge in [0.2, 0.25) is 0 Å². The maximum Gasteiger partial charge on any atom is 0.338 e. The average molecular weight is 259 g/mol. The van der Waals surface area contributed by atoms with Crippen molar-refractivity contribution in [1.29, 1.82) is 0 Å². The molecule has 1 heterocycles. The van der Waals surface area contributed by atoms with Gasteiger partial charge in [0.15, 0.2) is 0 Å². The van der Waals surface area contributed by atoms with E-state index in [4.69, 9.17) is 9.52 Å². The highest BCUT2D eigenvalue weighted by Crippen LogP contribution is 2.08.